The molecule has 0 spiro atoms. The van der Waals surface area contributed by atoms with E-state index in [0.29, 0.717) is 29.6 Å². The second-order valence-electron chi connectivity index (χ2n) is 7.62. The molecule has 31 heavy (non-hydrogen) atoms. The zero-order valence-electron chi connectivity index (χ0n) is 17.0. The van der Waals surface area contributed by atoms with Gasteiger partial charge in [0.25, 0.3) is 0 Å². The van der Waals surface area contributed by atoms with Gasteiger partial charge in [0.2, 0.25) is 5.91 Å². The largest absolute Gasteiger partial charge is 0.339 e. The maximum absolute atomic E-state index is 12.9. The molecule has 0 bridgehead atoms. The van der Waals surface area contributed by atoms with Gasteiger partial charge in [0, 0.05) is 65.7 Å². The zero-order valence-corrected chi connectivity index (χ0v) is 19.3. The van der Waals surface area contributed by atoms with Gasteiger partial charge >= 0.3 is 0 Å². The predicted octanol–water partition coefficient (Wildman–Crippen LogP) is 4.33. The Morgan fingerprint density at radius 1 is 1.10 bits per heavy atom. The van der Waals surface area contributed by atoms with Gasteiger partial charge in [0.15, 0.2) is 0 Å². The minimum atomic E-state index is -0.547. The van der Waals surface area contributed by atoms with Gasteiger partial charge in [-0.3, -0.25) is 14.7 Å². The predicted molar refractivity (Wildman–Crippen MR) is 128 cm³/mol. The van der Waals surface area contributed by atoms with Gasteiger partial charge in [-0.2, -0.15) is 0 Å². The van der Waals surface area contributed by atoms with E-state index in [1.165, 1.54) is 0 Å². The Morgan fingerprint density at radius 2 is 1.90 bits per heavy atom. The van der Waals surface area contributed by atoms with Gasteiger partial charge in [-0.05, 0) is 36.4 Å². The number of thiophene rings is 1. The minimum Gasteiger partial charge on any atom is -0.339 e. The van der Waals surface area contributed by atoms with Gasteiger partial charge in [-0.25, -0.2) is 0 Å². The van der Waals surface area contributed by atoms with Crippen molar-refractivity contribution in [3.05, 3.63) is 75.3 Å². The van der Waals surface area contributed by atoms with Crippen molar-refractivity contribution < 1.29 is 4.79 Å². The number of piperazine rings is 1. The summed E-state index contributed by atoms with van der Waals surface area (Å²) in [6, 6.07) is 14.9. The molecular weight excluding hydrogens is 451 g/mol. The van der Waals surface area contributed by atoms with Crippen molar-refractivity contribution in [2.45, 2.75) is 19.0 Å². The van der Waals surface area contributed by atoms with Gasteiger partial charge in [0.05, 0.1) is 16.8 Å². The van der Waals surface area contributed by atoms with E-state index in [9.17, 15) is 4.79 Å². The summed E-state index contributed by atoms with van der Waals surface area (Å²) in [5.74, 6) is 0.0111. The number of carbonyl (C=O) groups excluding carboxylic acids is 1. The topological polar surface area (TPSA) is 62.5 Å². The highest BCUT2D eigenvalue weighted by molar-refractivity contribution is 7.15. The van der Waals surface area contributed by atoms with E-state index in [0.717, 1.165) is 40.6 Å². The molecule has 3 aromatic rings. The van der Waals surface area contributed by atoms with Crippen LogP contribution in [0.4, 0.5) is 0 Å². The highest BCUT2D eigenvalue weighted by Gasteiger charge is 2.26. The van der Waals surface area contributed by atoms with E-state index in [2.05, 4.69) is 9.88 Å². The molecule has 1 aromatic carbocycles. The third kappa shape index (κ3) is 5.64. The zero-order chi connectivity index (χ0) is 21.8. The standard InChI is InChI=1S/C23H24Cl2N4OS/c24-16-4-6-19(20(25)13-16)22-7-5-18(31-22)14-21(26)23(30)29-11-9-28(10-12-29)15-17-3-1-2-8-27-17/h1-8,13,21H,9-12,14-15,26H2. The van der Waals surface area contributed by atoms with Crippen molar-refractivity contribution in [3.8, 4) is 10.4 Å². The first-order valence-corrected chi connectivity index (χ1v) is 11.8. The van der Waals surface area contributed by atoms with Gasteiger partial charge in [0.1, 0.15) is 0 Å². The first-order chi connectivity index (χ1) is 15.0. The van der Waals surface area contributed by atoms with Crippen LogP contribution in [0.2, 0.25) is 10.0 Å². The number of amides is 1. The Balaban J connectivity index is 1.31. The number of carbonyl (C=O) groups is 1. The number of rotatable bonds is 6. The van der Waals surface area contributed by atoms with Crippen LogP contribution in [0.25, 0.3) is 10.4 Å². The second kappa shape index (κ2) is 10.1. The Morgan fingerprint density at radius 3 is 2.61 bits per heavy atom. The van der Waals surface area contributed by atoms with Crippen LogP contribution in [0.15, 0.2) is 54.7 Å². The quantitative estimate of drug-likeness (QED) is 0.577. The molecule has 1 aliphatic heterocycles. The SMILES string of the molecule is NC(Cc1ccc(-c2ccc(Cl)cc2Cl)s1)C(=O)N1CCN(Cc2ccccn2)CC1. The van der Waals surface area contributed by atoms with Crippen LogP contribution in [0.5, 0.6) is 0 Å². The van der Waals surface area contributed by atoms with Crippen LogP contribution in [-0.2, 0) is 17.8 Å². The maximum atomic E-state index is 12.9. The van der Waals surface area contributed by atoms with Crippen molar-refractivity contribution in [3.63, 3.8) is 0 Å². The molecule has 1 fully saturated rings. The molecular formula is C23H24Cl2N4OS. The third-order valence-corrected chi connectivity index (χ3v) is 7.08. The van der Waals surface area contributed by atoms with E-state index in [4.69, 9.17) is 28.9 Å². The molecule has 162 valence electrons. The lowest BCUT2D eigenvalue weighted by Crippen LogP contribution is -2.53. The number of nitrogens with two attached hydrogens (primary N) is 1. The van der Waals surface area contributed by atoms with Crippen molar-refractivity contribution in [1.29, 1.82) is 0 Å². The Bertz CT molecular complexity index is 1040. The summed E-state index contributed by atoms with van der Waals surface area (Å²) in [6.45, 7) is 3.84. The molecule has 1 amide bonds. The van der Waals surface area contributed by atoms with E-state index >= 15 is 0 Å². The van der Waals surface area contributed by atoms with Crippen LogP contribution in [0, 0.1) is 0 Å². The Hall–Kier alpha value is -1.96. The lowest BCUT2D eigenvalue weighted by atomic mass is 10.1. The monoisotopic (exact) mass is 474 g/mol. The summed E-state index contributed by atoms with van der Waals surface area (Å²) in [5, 5.41) is 1.23. The van der Waals surface area contributed by atoms with E-state index in [1.807, 2.05) is 53.6 Å². The maximum Gasteiger partial charge on any atom is 0.239 e. The van der Waals surface area contributed by atoms with Gasteiger partial charge in [-0.15, -0.1) is 11.3 Å². The molecule has 2 aromatic heterocycles. The average Bonchev–Trinajstić information content (AvgIpc) is 3.22. The van der Waals surface area contributed by atoms with Crippen molar-refractivity contribution in [2.24, 2.45) is 5.73 Å². The molecule has 4 rings (SSSR count). The van der Waals surface area contributed by atoms with Crippen LogP contribution in [-0.4, -0.2) is 52.9 Å². The highest BCUT2D eigenvalue weighted by atomic mass is 35.5. The number of pyridine rings is 1. The molecule has 0 aliphatic carbocycles. The number of benzene rings is 1. The minimum absolute atomic E-state index is 0.0111. The normalized spacial score (nSPS) is 15.8. The first-order valence-electron chi connectivity index (χ1n) is 10.2. The molecule has 8 heteroatoms. The Labute approximate surface area is 196 Å². The molecule has 0 saturated carbocycles. The second-order valence-corrected chi connectivity index (χ2v) is 9.64. The fourth-order valence-corrected chi connectivity index (χ4v) is 5.38. The number of hydrogen-bond donors (Lipinski definition) is 1. The van der Waals surface area contributed by atoms with Crippen LogP contribution >= 0.6 is 34.5 Å². The summed E-state index contributed by atoms with van der Waals surface area (Å²) < 4.78 is 0. The van der Waals surface area contributed by atoms with Crippen molar-refractivity contribution >= 4 is 40.4 Å². The molecule has 1 aliphatic rings. The molecule has 1 atom stereocenters. The summed E-state index contributed by atoms with van der Waals surface area (Å²) >= 11 is 13.9. The average molecular weight is 475 g/mol. The fraction of sp³-hybridized carbons (Fsp3) is 0.304. The molecule has 5 nitrogen and oxygen atoms in total. The fourth-order valence-electron chi connectivity index (χ4n) is 3.71. The van der Waals surface area contributed by atoms with Crippen LogP contribution in [0.1, 0.15) is 10.6 Å². The summed E-state index contributed by atoms with van der Waals surface area (Å²) in [7, 11) is 0. The van der Waals surface area contributed by atoms with Crippen molar-refractivity contribution in [2.75, 3.05) is 26.2 Å². The first kappa shape index (κ1) is 22.2. The van der Waals surface area contributed by atoms with E-state index in [1.54, 1.807) is 17.4 Å². The van der Waals surface area contributed by atoms with Crippen LogP contribution in [0.3, 0.4) is 0 Å². The van der Waals surface area contributed by atoms with Crippen molar-refractivity contribution in [1.82, 2.24) is 14.8 Å². The van der Waals surface area contributed by atoms with E-state index < -0.39 is 6.04 Å². The number of aromatic nitrogens is 1. The lowest BCUT2D eigenvalue weighted by Gasteiger charge is -2.35. The summed E-state index contributed by atoms with van der Waals surface area (Å²) in [6.07, 6.45) is 2.33. The van der Waals surface area contributed by atoms with E-state index in [-0.39, 0.29) is 5.91 Å². The number of hydrogen-bond acceptors (Lipinski definition) is 5. The smallest absolute Gasteiger partial charge is 0.239 e. The molecule has 1 unspecified atom stereocenters. The molecule has 2 N–H and O–H groups in total. The number of nitrogens with zero attached hydrogens (tertiary/aromatic N) is 3. The molecule has 0 radical (unpaired) electrons. The van der Waals surface area contributed by atoms with Gasteiger partial charge < -0.3 is 10.6 Å². The van der Waals surface area contributed by atoms with Gasteiger partial charge in [-0.1, -0.05) is 35.3 Å². The lowest BCUT2D eigenvalue weighted by molar-refractivity contribution is -0.134. The molecule has 3 heterocycles. The van der Waals surface area contributed by atoms with Crippen LogP contribution < -0.4 is 5.73 Å². The Kier molecular flexibility index (Phi) is 7.25. The third-order valence-electron chi connectivity index (χ3n) is 5.39. The molecule has 1 saturated heterocycles. The number of halogens is 2. The summed E-state index contributed by atoms with van der Waals surface area (Å²) in [4.78, 5) is 23.6. The highest BCUT2D eigenvalue weighted by Crippen LogP contribution is 2.35. The summed E-state index contributed by atoms with van der Waals surface area (Å²) in [5.41, 5.74) is 8.27.